The lowest BCUT2D eigenvalue weighted by atomic mass is 9.98. The number of benzene rings is 1. The number of imidazole rings is 1. The zero-order valence-electron chi connectivity index (χ0n) is 13.5. The Kier molecular flexibility index (Phi) is 4.01. The summed E-state index contributed by atoms with van der Waals surface area (Å²) in [6.07, 6.45) is 7.91. The van der Waals surface area contributed by atoms with Crippen LogP contribution in [0.3, 0.4) is 0 Å². The SMILES string of the molecule is O=[N+]([O-])c1c(OC2CCCCC2)ncnc1-n1cnc2ccccc21. The van der Waals surface area contributed by atoms with Gasteiger partial charge in [0.05, 0.1) is 16.0 Å². The average molecular weight is 339 g/mol. The highest BCUT2D eigenvalue weighted by Crippen LogP contribution is 2.33. The molecule has 0 atom stereocenters. The fourth-order valence-corrected chi connectivity index (χ4v) is 3.25. The van der Waals surface area contributed by atoms with E-state index in [9.17, 15) is 10.1 Å². The van der Waals surface area contributed by atoms with E-state index in [1.807, 2.05) is 24.3 Å². The second kappa shape index (κ2) is 6.46. The van der Waals surface area contributed by atoms with Gasteiger partial charge in [-0.2, -0.15) is 4.98 Å². The third-order valence-corrected chi connectivity index (χ3v) is 4.46. The molecular formula is C17H17N5O3. The van der Waals surface area contributed by atoms with Crippen LogP contribution in [0.4, 0.5) is 5.69 Å². The van der Waals surface area contributed by atoms with Gasteiger partial charge < -0.3 is 4.74 Å². The highest BCUT2D eigenvalue weighted by atomic mass is 16.6. The highest BCUT2D eigenvalue weighted by Gasteiger charge is 2.29. The molecule has 1 aliphatic rings. The molecule has 3 aromatic rings. The van der Waals surface area contributed by atoms with E-state index in [-0.39, 0.29) is 23.5 Å². The van der Waals surface area contributed by atoms with Gasteiger partial charge in [-0.25, -0.2) is 9.97 Å². The van der Waals surface area contributed by atoms with Gasteiger partial charge in [-0.15, -0.1) is 0 Å². The van der Waals surface area contributed by atoms with Crippen molar-refractivity contribution in [2.75, 3.05) is 0 Å². The van der Waals surface area contributed by atoms with Crippen LogP contribution in [0.2, 0.25) is 0 Å². The van der Waals surface area contributed by atoms with Gasteiger partial charge in [0.1, 0.15) is 18.8 Å². The summed E-state index contributed by atoms with van der Waals surface area (Å²) in [5.74, 6) is 0.194. The molecule has 0 saturated heterocycles. The third kappa shape index (κ3) is 2.90. The number of fused-ring (bicyclic) bond motifs is 1. The first-order chi connectivity index (χ1) is 12.2. The molecule has 2 heterocycles. The summed E-state index contributed by atoms with van der Waals surface area (Å²) in [7, 11) is 0. The Hall–Kier alpha value is -3.03. The maximum atomic E-state index is 11.7. The Morgan fingerprint density at radius 1 is 1.12 bits per heavy atom. The van der Waals surface area contributed by atoms with Crippen LogP contribution in [-0.4, -0.2) is 30.5 Å². The Balaban J connectivity index is 1.80. The molecule has 1 aliphatic carbocycles. The third-order valence-electron chi connectivity index (χ3n) is 4.46. The minimum Gasteiger partial charge on any atom is -0.469 e. The van der Waals surface area contributed by atoms with Crippen LogP contribution in [0.15, 0.2) is 36.9 Å². The van der Waals surface area contributed by atoms with E-state index >= 15 is 0 Å². The van der Waals surface area contributed by atoms with Gasteiger partial charge in [0.25, 0.3) is 5.88 Å². The molecule has 8 heteroatoms. The molecule has 128 valence electrons. The van der Waals surface area contributed by atoms with Crippen LogP contribution in [0.25, 0.3) is 16.9 Å². The first-order valence-corrected chi connectivity index (χ1v) is 8.32. The molecular weight excluding hydrogens is 322 g/mol. The second-order valence-corrected chi connectivity index (χ2v) is 6.09. The number of nitro groups is 1. The lowest BCUT2D eigenvalue weighted by Crippen LogP contribution is -2.21. The Morgan fingerprint density at radius 3 is 2.72 bits per heavy atom. The quantitative estimate of drug-likeness (QED) is 0.533. The number of aromatic nitrogens is 4. The van der Waals surface area contributed by atoms with Crippen LogP contribution in [0, 0.1) is 10.1 Å². The number of rotatable bonds is 4. The van der Waals surface area contributed by atoms with E-state index in [0.29, 0.717) is 0 Å². The molecule has 2 aromatic heterocycles. The Bertz CT molecular complexity index is 918. The fraction of sp³-hybridized carbons (Fsp3) is 0.353. The van der Waals surface area contributed by atoms with Gasteiger partial charge in [0.2, 0.25) is 5.82 Å². The molecule has 0 unspecified atom stereocenters. The van der Waals surface area contributed by atoms with Crippen molar-refractivity contribution in [2.24, 2.45) is 0 Å². The topological polar surface area (TPSA) is 96.0 Å². The molecule has 0 spiro atoms. The molecule has 1 saturated carbocycles. The van der Waals surface area contributed by atoms with Crippen molar-refractivity contribution in [3.63, 3.8) is 0 Å². The summed E-state index contributed by atoms with van der Waals surface area (Å²) in [5.41, 5.74) is 1.26. The van der Waals surface area contributed by atoms with Gasteiger partial charge in [0, 0.05) is 0 Å². The first kappa shape index (κ1) is 15.5. The number of nitrogens with zero attached hydrogens (tertiary/aromatic N) is 5. The van der Waals surface area contributed by atoms with Crippen LogP contribution in [0.1, 0.15) is 32.1 Å². The van der Waals surface area contributed by atoms with E-state index in [1.54, 1.807) is 4.57 Å². The molecule has 0 N–H and O–H groups in total. The smallest absolute Gasteiger partial charge is 0.373 e. The molecule has 25 heavy (non-hydrogen) atoms. The number of hydrogen-bond donors (Lipinski definition) is 0. The maximum Gasteiger partial charge on any atom is 0.373 e. The number of hydrogen-bond acceptors (Lipinski definition) is 6. The van der Waals surface area contributed by atoms with E-state index in [0.717, 1.165) is 36.7 Å². The van der Waals surface area contributed by atoms with Crippen LogP contribution in [0.5, 0.6) is 5.88 Å². The molecule has 0 amide bonds. The van der Waals surface area contributed by atoms with Gasteiger partial charge in [-0.05, 0) is 37.8 Å². The summed E-state index contributed by atoms with van der Waals surface area (Å²) in [5, 5.41) is 11.7. The summed E-state index contributed by atoms with van der Waals surface area (Å²) < 4.78 is 7.47. The summed E-state index contributed by atoms with van der Waals surface area (Å²) >= 11 is 0. The van der Waals surface area contributed by atoms with Crippen LogP contribution >= 0.6 is 0 Å². The monoisotopic (exact) mass is 339 g/mol. The normalized spacial score (nSPS) is 15.4. The van der Waals surface area contributed by atoms with Crippen molar-refractivity contribution in [2.45, 2.75) is 38.2 Å². The summed E-state index contributed by atoms with van der Waals surface area (Å²) in [4.78, 5) is 23.7. The van der Waals surface area contributed by atoms with Gasteiger partial charge in [0.15, 0.2) is 0 Å². The highest BCUT2D eigenvalue weighted by molar-refractivity contribution is 5.78. The molecule has 1 aromatic carbocycles. The van der Waals surface area contributed by atoms with Gasteiger partial charge >= 0.3 is 5.69 Å². The molecule has 1 fully saturated rings. The van der Waals surface area contributed by atoms with E-state index < -0.39 is 4.92 Å². The lowest BCUT2D eigenvalue weighted by Gasteiger charge is -2.22. The van der Waals surface area contributed by atoms with E-state index in [4.69, 9.17) is 4.74 Å². The largest absolute Gasteiger partial charge is 0.469 e. The summed E-state index contributed by atoms with van der Waals surface area (Å²) in [6, 6.07) is 7.41. The molecule has 0 radical (unpaired) electrons. The predicted octanol–water partition coefficient (Wildman–Crippen LogP) is 3.44. The minimum absolute atomic E-state index is 0.0275. The van der Waals surface area contributed by atoms with Gasteiger partial charge in [-0.3, -0.25) is 14.7 Å². The van der Waals surface area contributed by atoms with Crippen LogP contribution < -0.4 is 4.74 Å². The summed E-state index contributed by atoms with van der Waals surface area (Å²) in [6.45, 7) is 0. The number of ether oxygens (including phenoxy) is 1. The Morgan fingerprint density at radius 2 is 1.92 bits per heavy atom. The van der Waals surface area contributed by atoms with E-state index in [2.05, 4.69) is 15.0 Å². The lowest BCUT2D eigenvalue weighted by molar-refractivity contribution is -0.386. The predicted molar refractivity (Wildman–Crippen MR) is 90.8 cm³/mol. The zero-order valence-corrected chi connectivity index (χ0v) is 13.5. The Labute approximate surface area is 143 Å². The molecule has 0 bridgehead atoms. The van der Waals surface area contributed by atoms with E-state index in [1.165, 1.54) is 19.1 Å². The minimum atomic E-state index is -0.484. The van der Waals surface area contributed by atoms with Crippen molar-refractivity contribution in [1.82, 2.24) is 19.5 Å². The second-order valence-electron chi connectivity index (χ2n) is 6.09. The van der Waals surface area contributed by atoms with Crippen molar-refractivity contribution in [1.29, 1.82) is 0 Å². The first-order valence-electron chi connectivity index (χ1n) is 8.32. The van der Waals surface area contributed by atoms with Crippen molar-refractivity contribution in [3.8, 4) is 11.7 Å². The van der Waals surface area contributed by atoms with Crippen LogP contribution in [-0.2, 0) is 0 Å². The number of para-hydroxylation sites is 2. The van der Waals surface area contributed by atoms with Crippen molar-refractivity contribution < 1.29 is 9.66 Å². The van der Waals surface area contributed by atoms with Gasteiger partial charge in [-0.1, -0.05) is 18.6 Å². The van der Waals surface area contributed by atoms with Crippen molar-refractivity contribution >= 4 is 16.7 Å². The molecule has 4 rings (SSSR count). The molecule has 8 nitrogen and oxygen atoms in total. The standard InChI is InChI=1S/C17H17N5O3/c23-22(24)15-16(21-11-20-13-8-4-5-9-14(13)21)18-10-19-17(15)25-12-6-2-1-3-7-12/h4-5,8-12H,1-3,6-7H2. The average Bonchev–Trinajstić information content (AvgIpc) is 3.06. The van der Waals surface area contributed by atoms with Crippen molar-refractivity contribution in [3.05, 3.63) is 47.0 Å². The zero-order chi connectivity index (χ0) is 17.2. The maximum absolute atomic E-state index is 11.7. The molecule has 0 aliphatic heterocycles. The fourth-order valence-electron chi connectivity index (χ4n) is 3.25.